The van der Waals surface area contributed by atoms with E-state index in [4.69, 9.17) is 0 Å². The molecule has 1 unspecified atom stereocenters. The third-order valence-corrected chi connectivity index (χ3v) is 3.40. The Balaban J connectivity index is 2.40. The second-order valence-corrected chi connectivity index (χ2v) is 4.71. The molecule has 0 fully saturated rings. The molecule has 0 spiro atoms. The van der Waals surface area contributed by atoms with Crippen molar-refractivity contribution in [3.05, 3.63) is 59.2 Å². The maximum absolute atomic E-state index is 13.9. The van der Waals surface area contributed by atoms with Crippen molar-refractivity contribution in [3.8, 4) is 11.1 Å². The van der Waals surface area contributed by atoms with E-state index in [2.05, 4.69) is 5.32 Å². The summed E-state index contributed by atoms with van der Waals surface area (Å²) in [5, 5.41) is 3.13. The quantitative estimate of drug-likeness (QED) is 0.872. The minimum Gasteiger partial charge on any atom is -0.313 e. The third kappa shape index (κ3) is 2.82. The van der Waals surface area contributed by atoms with E-state index in [0.717, 1.165) is 5.56 Å². The van der Waals surface area contributed by atoms with Crippen LogP contribution >= 0.6 is 0 Å². The summed E-state index contributed by atoms with van der Waals surface area (Å²) >= 11 is 0. The Morgan fingerprint density at radius 3 is 2.21 bits per heavy atom. The maximum atomic E-state index is 13.9. The Morgan fingerprint density at radius 2 is 1.63 bits per heavy atom. The van der Waals surface area contributed by atoms with Gasteiger partial charge in [-0.2, -0.15) is 0 Å². The zero-order valence-corrected chi connectivity index (χ0v) is 11.3. The SMILES string of the molecule is CNC(C)c1ccc(-c2cc(F)c(C)cc2F)cc1. The second kappa shape index (κ2) is 5.49. The van der Waals surface area contributed by atoms with E-state index >= 15 is 0 Å². The number of nitrogens with one attached hydrogen (secondary N) is 1. The Kier molecular flexibility index (Phi) is 3.96. The molecule has 0 amide bonds. The molecule has 19 heavy (non-hydrogen) atoms. The molecule has 1 N–H and O–H groups in total. The largest absolute Gasteiger partial charge is 0.313 e. The van der Waals surface area contributed by atoms with E-state index in [1.165, 1.54) is 12.1 Å². The van der Waals surface area contributed by atoms with Gasteiger partial charge in [0.2, 0.25) is 0 Å². The van der Waals surface area contributed by atoms with Crippen molar-refractivity contribution in [2.24, 2.45) is 0 Å². The van der Waals surface area contributed by atoms with Gasteiger partial charge in [-0.15, -0.1) is 0 Å². The molecule has 0 aliphatic rings. The molecule has 2 aromatic rings. The van der Waals surface area contributed by atoms with Gasteiger partial charge in [0.1, 0.15) is 11.6 Å². The normalized spacial score (nSPS) is 12.5. The van der Waals surface area contributed by atoms with Crippen LogP contribution in [0.3, 0.4) is 0 Å². The van der Waals surface area contributed by atoms with Crippen LogP contribution in [0, 0.1) is 18.6 Å². The standard InChI is InChI=1S/C16H17F2N/c1-10-8-16(18)14(9-15(10)17)13-6-4-12(5-7-13)11(2)19-3/h4-9,11,19H,1-3H3. The van der Waals surface area contributed by atoms with Crippen LogP contribution in [0.25, 0.3) is 11.1 Å². The van der Waals surface area contributed by atoms with E-state index in [-0.39, 0.29) is 11.9 Å². The van der Waals surface area contributed by atoms with E-state index < -0.39 is 5.82 Å². The fraction of sp³-hybridized carbons (Fsp3) is 0.250. The lowest BCUT2D eigenvalue weighted by atomic mass is 10.00. The van der Waals surface area contributed by atoms with E-state index in [0.29, 0.717) is 16.7 Å². The summed E-state index contributed by atoms with van der Waals surface area (Å²) in [6.07, 6.45) is 0. The van der Waals surface area contributed by atoms with Gasteiger partial charge in [-0.05, 0) is 49.7 Å². The summed E-state index contributed by atoms with van der Waals surface area (Å²) in [6, 6.07) is 10.2. The zero-order chi connectivity index (χ0) is 14.0. The summed E-state index contributed by atoms with van der Waals surface area (Å²) in [7, 11) is 1.88. The highest BCUT2D eigenvalue weighted by molar-refractivity contribution is 5.65. The molecule has 0 saturated carbocycles. The number of hydrogen-bond donors (Lipinski definition) is 1. The molecule has 0 heterocycles. The summed E-state index contributed by atoms with van der Waals surface area (Å²) in [6.45, 7) is 3.60. The highest BCUT2D eigenvalue weighted by atomic mass is 19.1. The molecule has 0 bridgehead atoms. The Hall–Kier alpha value is -1.74. The first kappa shape index (κ1) is 13.7. The average molecular weight is 261 g/mol. The van der Waals surface area contributed by atoms with Crippen molar-refractivity contribution in [2.45, 2.75) is 19.9 Å². The summed E-state index contributed by atoms with van der Waals surface area (Å²) in [5.74, 6) is -0.780. The van der Waals surface area contributed by atoms with Crippen LogP contribution in [0.5, 0.6) is 0 Å². The monoisotopic (exact) mass is 261 g/mol. The van der Waals surface area contributed by atoms with Crippen molar-refractivity contribution >= 4 is 0 Å². The fourth-order valence-corrected chi connectivity index (χ4v) is 1.99. The van der Waals surface area contributed by atoms with Crippen molar-refractivity contribution in [1.82, 2.24) is 5.32 Å². The lowest BCUT2D eigenvalue weighted by molar-refractivity contribution is 0.595. The molecule has 2 rings (SSSR count). The van der Waals surface area contributed by atoms with Crippen molar-refractivity contribution in [3.63, 3.8) is 0 Å². The molecule has 1 nitrogen and oxygen atoms in total. The number of halogens is 2. The lowest BCUT2D eigenvalue weighted by Gasteiger charge is -2.12. The van der Waals surface area contributed by atoms with Crippen molar-refractivity contribution in [2.75, 3.05) is 7.05 Å². The Labute approximate surface area is 112 Å². The van der Waals surface area contributed by atoms with Crippen molar-refractivity contribution in [1.29, 1.82) is 0 Å². The predicted molar refractivity (Wildman–Crippen MR) is 74.0 cm³/mol. The molecule has 2 aromatic carbocycles. The van der Waals surface area contributed by atoms with Gasteiger partial charge in [0, 0.05) is 11.6 Å². The highest BCUT2D eigenvalue weighted by Gasteiger charge is 2.10. The molecule has 0 saturated heterocycles. The molecule has 100 valence electrons. The molecular formula is C16H17F2N. The highest BCUT2D eigenvalue weighted by Crippen LogP contribution is 2.26. The maximum Gasteiger partial charge on any atom is 0.131 e. The van der Waals surface area contributed by atoms with Crippen molar-refractivity contribution < 1.29 is 8.78 Å². The molecule has 0 aliphatic heterocycles. The predicted octanol–water partition coefficient (Wildman–Crippen LogP) is 4.22. The van der Waals surface area contributed by atoms with Gasteiger partial charge in [-0.1, -0.05) is 24.3 Å². The van der Waals surface area contributed by atoms with Gasteiger partial charge in [0.05, 0.1) is 0 Å². The van der Waals surface area contributed by atoms with E-state index in [1.807, 2.05) is 38.2 Å². The van der Waals surface area contributed by atoms with E-state index in [1.54, 1.807) is 6.92 Å². The second-order valence-electron chi connectivity index (χ2n) is 4.71. The summed E-state index contributed by atoms with van der Waals surface area (Å²) < 4.78 is 27.4. The van der Waals surface area contributed by atoms with Crippen LogP contribution in [0.15, 0.2) is 36.4 Å². The van der Waals surface area contributed by atoms with Crippen LogP contribution in [0.1, 0.15) is 24.1 Å². The van der Waals surface area contributed by atoms with Gasteiger partial charge < -0.3 is 5.32 Å². The van der Waals surface area contributed by atoms with Crippen LogP contribution < -0.4 is 5.32 Å². The number of aryl methyl sites for hydroxylation is 1. The first-order valence-corrected chi connectivity index (χ1v) is 6.26. The fourth-order valence-electron chi connectivity index (χ4n) is 1.99. The Morgan fingerprint density at radius 1 is 1.00 bits per heavy atom. The molecule has 1 atom stereocenters. The minimum absolute atomic E-state index is 0.230. The molecule has 0 aliphatic carbocycles. The molecule has 0 aromatic heterocycles. The van der Waals surface area contributed by atoms with Gasteiger partial charge >= 0.3 is 0 Å². The smallest absolute Gasteiger partial charge is 0.131 e. The van der Waals surface area contributed by atoms with Gasteiger partial charge in [0.25, 0.3) is 0 Å². The number of rotatable bonds is 3. The minimum atomic E-state index is -0.395. The van der Waals surface area contributed by atoms with Gasteiger partial charge in [-0.25, -0.2) is 8.78 Å². The third-order valence-electron chi connectivity index (χ3n) is 3.40. The average Bonchev–Trinajstić information content (AvgIpc) is 2.42. The Bertz CT molecular complexity index is 576. The zero-order valence-electron chi connectivity index (χ0n) is 11.3. The number of hydrogen-bond acceptors (Lipinski definition) is 1. The summed E-state index contributed by atoms with van der Waals surface area (Å²) in [5.41, 5.74) is 2.41. The first-order chi connectivity index (χ1) is 9.02. The number of benzene rings is 2. The topological polar surface area (TPSA) is 12.0 Å². The molecular weight excluding hydrogens is 244 g/mol. The first-order valence-electron chi connectivity index (χ1n) is 6.26. The van der Waals surface area contributed by atoms with Crippen LogP contribution in [0.2, 0.25) is 0 Å². The van der Waals surface area contributed by atoms with Crippen LogP contribution in [0.4, 0.5) is 8.78 Å². The van der Waals surface area contributed by atoms with E-state index in [9.17, 15) is 8.78 Å². The molecule has 3 heteroatoms. The van der Waals surface area contributed by atoms with Crippen LogP contribution in [-0.4, -0.2) is 7.05 Å². The lowest BCUT2D eigenvalue weighted by Crippen LogP contribution is -2.11. The van der Waals surface area contributed by atoms with Gasteiger partial charge in [0.15, 0.2) is 0 Å². The molecule has 0 radical (unpaired) electrons. The summed E-state index contributed by atoms with van der Waals surface area (Å²) in [4.78, 5) is 0. The van der Waals surface area contributed by atoms with Gasteiger partial charge in [-0.3, -0.25) is 0 Å². The van der Waals surface area contributed by atoms with Crippen LogP contribution in [-0.2, 0) is 0 Å².